The average molecular weight is 468 g/mol. The predicted molar refractivity (Wildman–Crippen MR) is 129 cm³/mol. The Morgan fingerprint density at radius 2 is 1.88 bits per heavy atom. The highest BCUT2D eigenvalue weighted by molar-refractivity contribution is 8.00. The molecule has 1 atom stereocenters. The number of carbonyl (C=O) groups is 1. The number of hydrogen-bond donors (Lipinski definition) is 0. The van der Waals surface area contributed by atoms with Crippen molar-refractivity contribution in [1.82, 2.24) is 24.6 Å². The summed E-state index contributed by atoms with van der Waals surface area (Å²) in [6.07, 6.45) is 3.16. The summed E-state index contributed by atoms with van der Waals surface area (Å²) in [6.45, 7) is 6.37. The van der Waals surface area contributed by atoms with Crippen molar-refractivity contribution in [3.05, 3.63) is 64.1 Å². The first-order valence-electron chi connectivity index (χ1n) is 11.4. The van der Waals surface area contributed by atoms with Crippen molar-refractivity contribution < 1.29 is 4.79 Å². The smallest absolute Gasteiger partial charge is 0.235 e. The number of amides is 1. The molecule has 2 aromatic heterocycles. The van der Waals surface area contributed by atoms with Gasteiger partial charge in [-0.3, -0.25) is 9.69 Å². The Bertz CT molecular complexity index is 1020. The molecule has 1 amide bonds. The molecule has 3 aromatic rings. The van der Waals surface area contributed by atoms with E-state index >= 15 is 0 Å². The molecule has 1 aromatic carbocycles. The molecule has 0 radical (unpaired) electrons. The fraction of sp³-hybridized carbons (Fsp3) is 0.458. The van der Waals surface area contributed by atoms with E-state index in [1.165, 1.54) is 23.3 Å². The summed E-state index contributed by atoms with van der Waals surface area (Å²) in [6, 6.07) is 15.3. The van der Waals surface area contributed by atoms with Gasteiger partial charge in [-0.15, -0.1) is 21.5 Å². The van der Waals surface area contributed by atoms with E-state index in [0.717, 1.165) is 50.1 Å². The Morgan fingerprint density at radius 3 is 2.56 bits per heavy atom. The molecule has 2 aliphatic rings. The molecular formula is C24H29N5OS2. The lowest BCUT2D eigenvalue weighted by atomic mass is 10.2. The summed E-state index contributed by atoms with van der Waals surface area (Å²) >= 11 is 3.32. The van der Waals surface area contributed by atoms with E-state index in [0.29, 0.717) is 6.04 Å². The maximum Gasteiger partial charge on any atom is 0.235 e. The first-order valence-corrected chi connectivity index (χ1v) is 13.1. The minimum absolute atomic E-state index is 0.160. The number of benzene rings is 1. The maximum atomic E-state index is 13.2. The van der Waals surface area contributed by atoms with E-state index in [1.54, 1.807) is 23.1 Å². The SMILES string of the molecule is C[C@@H](Sc1nnc(Cc2cccs2)n1C1CC1)C(=O)N1CCN(Cc2ccccc2)CC1. The van der Waals surface area contributed by atoms with Crippen LogP contribution in [0, 0.1) is 0 Å². The van der Waals surface area contributed by atoms with Gasteiger partial charge >= 0.3 is 0 Å². The van der Waals surface area contributed by atoms with Gasteiger partial charge in [0.2, 0.25) is 5.91 Å². The second-order valence-electron chi connectivity index (χ2n) is 8.60. The van der Waals surface area contributed by atoms with Gasteiger partial charge in [-0.1, -0.05) is 48.2 Å². The predicted octanol–water partition coefficient (Wildman–Crippen LogP) is 4.09. The Balaban J connectivity index is 1.18. The third-order valence-corrected chi connectivity index (χ3v) is 8.04. The van der Waals surface area contributed by atoms with Gasteiger partial charge in [0.05, 0.1) is 5.25 Å². The summed E-state index contributed by atoms with van der Waals surface area (Å²) in [5.41, 5.74) is 1.33. The maximum absolute atomic E-state index is 13.2. The van der Waals surface area contributed by atoms with Crippen LogP contribution in [-0.2, 0) is 17.8 Å². The zero-order valence-electron chi connectivity index (χ0n) is 18.4. The van der Waals surface area contributed by atoms with Gasteiger partial charge in [0.25, 0.3) is 0 Å². The first kappa shape index (κ1) is 21.7. The summed E-state index contributed by atoms with van der Waals surface area (Å²) in [7, 11) is 0. The topological polar surface area (TPSA) is 54.3 Å². The summed E-state index contributed by atoms with van der Waals surface area (Å²) in [5.74, 6) is 1.23. The molecule has 1 saturated heterocycles. The second-order valence-corrected chi connectivity index (χ2v) is 10.9. The molecule has 6 nitrogen and oxygen atoms in total. The second kappa shape index (κ2) is 9.77. The van der Waals surface area contributed by atoms with Gasteiger partial charge in [0.15, 0.2) is 5.16 Å². The quantitative estimate of drug-likeness (QED) is 0.467. The number of aromatic nitrogens is 3. The highest BCUT2D eigenvalue weighted by Crippen LogP contribution is 2.40. The normalized spacial score (nSPS) is 18.1. The molecule has 0 N–H and O–H groups in total. The number of thioether (sulfide) groups is 1. The lowest BCUT2D eigenvalue weighted by Crippen LogP contribution is -2.50. The molecule has 1 saturated carbocycles. The van der Waals surface area contributed by atoms with Crippen molar-refractivity contribution in [1.29, 1.82) is 0 Å². The van der Waals surface area contributed by atoms with E-state index in [1.807, 2.05) is 17.9 Å². The van der Waals surface area contributed by atoms with E-state index in [-0.39, 0.29) is 11.2 Å². The van der Waals surface area contributed by atoms with Crippen LogP contribution in [0.3, 0.4) is 0 Å². The van der Waals surface area contributed by atoms with E-state index in [9.17, 15) is 4.79 Å². The van der Waals surface area contributed by atoms with Gasteiger partial charge in [-0.05, 0) is 36.8 Å². The fourth-order valence-electron chi connectivity index (χ4n) is 4.21. The molecule has 0 spiro atoms. The molecule has 3 heterocycles. The van der Waals surface area contributed by atoms with Crippen LogP contribution in [0.4, 0.5) is 0 Å². The van der Waals surface area contributed by atoms with Crippen molar-refractivity contribution in [3.8, 4) is 0 Å². The monoisotopic (exact) mass is 467 g/mol. The summed E-state index contributed by atoms with van der Waals surface area (Å²) < 4.78 is 2.28. The van der Waals surface area contributed by atoms with Crippen LogP contribution in [0.1, 0.15) is 42.1 Å². The Kier molecular flexibility index (Phi) is 6.62. The highest BCUT2D eigenvalue weighted by Gasteiger charge is 2.32. The Labute approximate surface area is 197 Å². The third-order valence-electron chi connectivity index (χ3n) is 6.12. The zero-order valence-corrected chi connectivity index (χ0v) is 20.0. The molecule has 0 unspecified atom stereocenters. The first-order chi connectivity index (χ1) is 15.7. The minimum Gasteiger partial charge on any atom is -0.339 e. The van der Waals surface area contributed by atoms with Gasteiger partial charge < -0.3 is 9.47 Å². The minimum atomic E-state index is -0.160. The molecule has 1 aliphatic carbocycles. The fourth-order valence-corrected chi connectivity index (χ4v) is 5.93. The number of rotatable bonds is 8. The van der Waals surface area contributed by atoms with Crippen LogP contribution in [0.5, 0.6) is 0 Å². The third kappa shape index (κ3) is 5.08. The molecule has 168 valence electrons. The van der Waals surface area contributed by atoms with Gasteiger partial charge in [-0.2, -0.15) is 0 Å². The Hall–Kier alpha value is -2.16. The lowest BCUT2D eigenvalue weighted by molar-refractivity contribution is -0.132. The molecular weight excluding hydrogens is 438 g/mol. The van der Waals surface area contributed by atoms with Crippen LogP contribution in [0.15, 0.2) is 53.0 Å². The van der Waals surface area contributed by atoms with Crippen molar-refractivity contribution in [3.63, 3.8) is 0 Å². The average Bonchev–Trinajstić information content (AvgIpc) is 3.37. The van der Waals surface area contributed by atoms with Gasteiger partial charge in [0.1, 0.15) is 5.82 Å². The summed E-state index contributed by atoms with van der Waals surface area (Å²) in [5, 5.41) is 11.8. The molecule has 5 rings (SSSR count). The summed E-state index contributed by atoms with van der Waals surface area (Å²) in [4.78, 5) is 18.9. The lowest BCUT2D eigenvalue weighted by Gasteiger charge is -2.35. The van der Waals surface area contributed by atoms with Crippen molar-refractivity contribution in [2.45, 2.75) is 49.2 Å². The van der Waals surface area contributed by atoms with Crippen molar-refractivity contribution in [2.24, 2.45) is 0 Å². The van der Waals surface area contributed by atoms with Crippen LogP contribution >= 0.6 is 23.1 Å². The van der Waals surface area contributed by atoms with E-state index < -0.39 is 0 Å². The van der Waals surface area contributed by atoms with Crippen LogP contribution in [0.25, 0.3) is 0 Å². The molecule has 0 bridgehead atoms. The van der Waals surface area contributed by atoms with Crippen molar-refractivity contribution in [2.75, 3.05) is 26.2 Å². The van der Waals surface area contributed by atoms with Crippen LogP contribution in [-0.4, -0.2) is 61.9 Å². The van der Waals surface area contributed by atoms with E-state index in [4.69, 9.17) is 0 Å². The number of thiophene rings is 1. The Morgan fingerprint density at radius 1 is 1.09 bits per heavy atom. The molecule has 2 fully saturated rings. The molecule has 1 aliphatic heterocycles. The number of hydrogen-bond acceptors (Lipinski definition) is 6. The highest BCUT2D eigenvalue weighted by atomic mass is 32.2. The van der Waals surface area contributed by atoms with E-state index in [2.05, 4.69) is 61.4 Å². The van der Waals surface area contributed by atoms with Gasteiger partial charge in [-0.25, -0.2) is 0 Å². The molecule has 32 heavy (non-hydrogen) atoms. The van der Waals surface area contributed by atoms with Crippen LogP contribution < -0.4 is 0 Å². The number of piperazine rings is 1. The van der Waals surface area contributed by atoms with Crippen molar-refractivity contribution >= 4 is 29.0 Å². The van der Waals surface area contributed by atoms with Crippen LogP contribution in [0.2, 0.25) is 0 Å². The number of nitrogens with zero attached hydrogens (tertiary/aromatic N) is 5. The number of carbonyl (C=O) groups excluding carboxylic acids is 1. The zero-order chi connectivity index (χ0) is 21.9. The standard InChI is InChI=1S/C24H29N5OS2/c1-18(23(30)28-13-11-27(12-14-28)17-19-6-3-2-4-7-19)32-24-26-25-22(29(24)20-9-10-20)16-21-8-5-15-31-21/h2-8,15,18,20H,9-14,16-17H2,1H3/t18-/m1/s1. The molecule has 8 heteroatoms. The largest absolute Gasteiger partial charge is 0.339 e. The van der Waals surface area contributed by atoms with Gasteiger partial charge in [0, 0.05) is 50.1 Å².